The van der Waals surface area contributed by atoms with Crippen LogP contribution in [0.5, 0.6) is 28.7 Å². The van der Waals surface area contributed by atoms with E-state index >= 15 is 0 Å². The predicted octanol–water partition coefficient (Wildman–Crippen LogP) is -0.236. The van der Waals surface area contributed by atoms with Crippen LogP contribution >= 0.6 is 0 Å². The summed E-state index contributed by atoms with van der Waals surface area (Å²) in [5, 5.41) is 69.7. The minimum absolute atomic E-state index is 0.134. The van der Waals surface area contributed by atoms with Gasteiger partial charge in [-0.3, -0.25) is 4.79 Å². The molecule has 1 aliphatic rings. The molecule has 4 rings (SSSR count). The van der Waals surface area contributed by atoms with E-state index in [0.717, 1.165) is 6.07 Å². The maximum absolute atomic E-state index is 12.7. The molecule has 1 aliphatic heterocycles. The molecule has 5 atom stereocenters. The number of rotatable bonds is 5. The molecule has 1 aromatic heterocycles. The van der Waals surface area contributed by atoms with Gasteiger partial charge in [0, 0.05) is 17.7 Å². The Hall–Kier alpha value is -3.55. The summed E-state index contributed by atoms with van der Waals surface area (Å²) < 4.78 is 21.3. The monoisotopic (exact) mass is 478 g/mol. The fraction of sp³-hybridized carbons (Fsp3) is 0.318. The van der Waals surface area contributed by atoms with Crippen LogP contribution in [0.25, 0.3) is 22.3 Å². The molecule has 12 nitrogen and oxygen atoms in total. The first-order chi connectivity index (χ1) is 16.2. The molecule has 0 amide bonds. The zero-order valence-electron chi connectivity index (χ0n) is 17.7. The molecule has 34 heavy (non-hydrogen) atoms. The van der Waals surface area contributed by atoms with Crippen molar-refractivity contribution in [3.05, 3.63) is 40.6 Å². The summed E-state index contributed by atoms with van der Waals surface area (Å²) in [6.45, 7) is -0.667. The third kappa shape index (κ3) is 3.97. The number of ether oxygens (including phenoxy) is 3. The average molecular weight is 478 g/mol. The van der Waals surface area contributed by atoms with Crippen molar-refractivity contribution < 1.29 is 54.4 Å². The van der Waals surface area contributed by atoms with Gasteiger partial charge in [-0.15, -0.1) is 0 Å². The molecule has 0 unspecified atom stereocenters. The lowest BCUT2D eigenvalue weighted by Gasteiger charge is -2.39. The van der Waals surface area contributed by atoms with Gasteiger partial charge in [-0.05, 0) is 18.2 Å². The number of phenolic OH excluding ortho intramolecular Hbond substituents is 2. The van der Waals surface area contributed by atoms with Gasteiger partial charge in [0.25, 0.3) is 0 Å². The van der Waals surface area contributed by atoms with E-state index < -0.39 is 54.2 Å². The van der Waals surface area contributed by atoms with Gasteiger partial charge < -0.3 is 54.4 Å². The van der Waals surface area contributed by atoms with Gasteiger partial charge in [0.2, 0.25) is 17.5 Å². The quantitative estimate of drug-likeness (QED) is 0.254. The largest absolute Gasteiger partial charge is 0.507 e. The van der Waals surface area contributed by atoms with Crippen molar-refractivity contribution in [2.45, 2.75) is 30.7 Å². The zero-order valence-corrected chi connectivity index (χ0v) is 17.7. The highest BCUT2D eigenvalue weighted by Gasteiger charge is 2.44. The topological polar surface area (TPSA) is 200 Å². The van der Waals surface area contributed by atoms with Crippen LogP contribution in [0.15, 0.2) is 39.5 Å². The molecule has 2 aromatic carbocycles. The highest BCUT2D eigenvalue weighted by Crippen LogP contribution is 2.38. The molecule has 0 bridgehead atoms. The maximum Gasteiger partial charge on any atom is 0.238 e. The Morgan fingerprint density at radius 3 is 2.35 bits per heavy atom. The molecule has 7 N–H and O–H groups in total. The number of methoxy groups -OCH3 is 1. The zero-order chi connectivity index (χ0) is 24.7. The van der Waals surface area contributed by atoms with Crippen molar-refractivity contribution in [1.82, 2.24) is 0 Å². The van der Waals surface area contributed by atoms with Crippen molar-refractivity contribution in [3.63, 3.8) is 0 Å². The summed E-state index contributed by atoms with van der Waals surface area (Å²) in [7, 11) is 1.35. The molecule has 0 saturated carbocycles. The molecule has 2 heterocycles. The number of aromatic hydroxyl groups is 3. The summed E-state index contributed by atoms with van der Waals surface area (Å²) in [6, 6.07) is 6.20. The van der Waals surface area contributed by atoms with E-state index in [-0.39, 0.29) is 39.5 Å². The molecular formula is C22H22O12. The Kier molecular flexibility index (Phi) is 6.25. The van der Waals surface area contributed by atoms with E-state index in [4.69, 9.17) is 18.6 Å². The van der Waals surface area contributed by atoms with Crippen LogP contribution in [0, 0.1) is 0 Å². The molecule has 1 saturated heterocycles. The van der Waals surface area contributed by atoms with Crippen molar-refractivity contribution in [2.24, 2.45) is 0 Å². The number of hydrogen-bond acceptors (Lipinski definition) is 12. The fourth-order valence-electron chi connectivity index (χ4n) is 3.66. The summed E-state index contributed by atoms with van der Waals surface area (Å²) >= 11 is 0. The number of aliphatic hydroxyl groups is 4. The SMILES string of the molecule is COc1ccc(-c2oc3cc(O[C@@H]4O[C@H](CO)[C@@H](O)[C@H](O)[C@H]4O)cc(O)c3c(=O)c2O)cc1O. The molecule has 3 aromatic rings. The Labute approximate surface area is 191 Å². The second kappa shape index (κ2) is 9.00. The Balaban J connectivity index is 1.76. The number of aliphatic hydroxyl groups excluding tert-OH is 4. The van der Waals surface area contributed by atoms with Gasteiger partial charge in [0.1, 0.15) is 46.9 Å². The average Bonchev–Trinajstić information content (AvgIpc) is 2.81. The Bertz CT molecular complexity index is 1270. The molecule has 0 aliphatic carbocycles. The number of phenols is 2. The van der Waals surface area contributed by atoms with Gasteiger partial charge in [-0.25, -0.2) is 0 Å². The van der Waals surface area contributed by atoms with E-state index in [9.17, 15) is 40.5 Å². The van der Waals surface area contributed by atoms with Crippen LogP contribution in [0.3, 0.4) is 0 Å². The standard InChI is InChI=1S/C22H22O12/c1-31-12-3-2-8(4-10(12)24)21-19(29)17(27)15-11(25)5-9(6-13(15)33-21)32-22-20(30)18(28)16(26)14(7-23)34-22/h2-6,14,16,18,20,22-26,28-30H,7H2,1H3/t14-,16-,18+,20-,22-/m1/s1. The first-order valence-electron chi connectivity index (χ1n) is 10.0. The Morgan fingerprint density at radius 2 is 1.71 bits per heavy atom. The molecule has 182 valence electrons. The van der Waals surface area contributed by atoms with Crippen LogP contribution in [0.2, 0.25) is 0 Å². The minimum atomic E-state index is -1.71. The van der Waals surface area contributed by atoms with E-state index in [2.05, 4.69) is 0 Å². The van der Waals surface area contributed by atoms with Crippen molar-refractivity contribution in [1.29, 1.82) is 0 Å². The van der Waals surface area contributed by atoms with Gasteiger partial charge >= 0.3 is 0 Å². The van der Waals surface area contributed by atoms with E-state index in [1.807, 2.05) is 0 Å². The maximum atomic E-state index is 12.7. The smallest absolute Gasteiger partial charge is 0.238 e. The number of hydrogen-bond donors (Lipinski definition) is 7. The first-order valence-corrected chi connectivity index (χ1v) is 10.0. The normalized spacial score (nSPS) is 24.8. The minimum Gasteiger partial charge on any atom is -0.507 e. The first kappa shape index (κ1) is 23.6. The van der Waals surface area contributed by atoms with Gasteiger partial charge in [-0.1, -0.05) is 0 Å². The summed E-state index contributed by atoms with van der Waals surface area (Å²) in [4.78, 5) is 12.7. The number of fused-ring (bicyclic) bond motifs is 1. The number of benzene rings is 2. The van der Waals surface area contributed by atoms with E-state index in [0.29, 0.717) is 0 Å². The van der Waals surface area contributed by atoms with Crippen LogP contribution in [-0.4, -0.2) is 80.2 Å². The van der Waals surface area contributed by atoms with Gasteiger partial charge in [0.05, 0.1) is 13.7 Å². The van der Waals surface area contributed by atoms with Gasteiger partial charge in [0.15, 0.2) is 17.3 Å². The summed E-state index contributed by atoms with van der Waals surface area (Å²) in [5.41, 5.74) is -1.04. The van der Waals surface area contributed by atoms with Crippen molar-refractivity contribution >= 4 is 11.0 Å². The molecule has 0 radical (unpaired) electrons. The van der Waals surface area contributed by atoms with Crippen molar-refractivity contribution in [3.8, 4) is 40.1 Å². The predicted molar refractivity (Wildman–Crippen MR) is 114 cm³/mol. The molecular weight excluding hydrogens is 456 g/mol. The lowest BCUT2D eigenvalue weighted by atomic mass is 9.99. The summed E-state index contributed by atoms with van der Waals surface area (Å²) in [6.07, 6.45) is -7.75. The van der Waals surface area contributed by atoms with Crippen LogP contribution in [0.4, 0.5) is 0 Å². The Morgan fingerprint density at radius 1 is 0.971 bits per heavy atom. The third-order valence-corrected chi connectivity index (χ3v) is 5.47. The van der Waals surface area contributed by atoms with Crippen LogP contribution < -0.4 is 14.9 Å². The highest BCUT2D eigenvalue weighted by atomic mass is 16.7. The van der Waals surface area contributed by atoms with Crippen LogP contribution in [0.1, 0.15) is 0 Å². The summed E-state index contributed by atoms with van der Waals surface area (Å²) in [5.74, 6) is -2.02. The van der Waals surface area contributed by atoms with E-state index in [1.54, 1.807) is 0 Å². The van der Waals surface area contributed by atoms with E-state index in [1.165, 1.54) is 31.4 Å². The second-order valence-corrected chi connectivity index (χ2v) is 7.63. The highest BCUT2D eigenvalue weighted by molar-refractivity contribution is 5.88. The van der Waals surface area contributed by atoms with Crippen molar-refractivity contribution in [2.75, 3.05) is 13.7 Å². The molecule has 0 spiro atoms. The third-order valence-electron chi connectivity index (χ3n) is 5.47. The second-order valence-electron chi connectivity index (χ2n) is 7.63. The lowest BCUT2D eigenvalue weighted by Crippen LogP contribution is -2.60. The molecule has 12 heteroatoms. The van der Waals surface area contributed by atoms with Gasteiger partial charge in [-0.2, -0.15) is 0 Å². The van der Waals surface area contributed by atoms with Crippen LogP contribution in [-0.2, 0) is 4.74 Å². The molecule has 1 fully saturated rings. The fourth-order valence-corrected chi connectivity index (χ4v) is 3.66. The lowest BCUT2D eigenvalue weighted by molar-refractivity contribution is -0.277.